The Morgan fingerprint density at radius 1 is 0.875 bits per heavy atom. The Morgan fingerprint density at radius 2 is 1.50 bits per heavy atom. The number of fused-ring (bicyclic) bond motifs is 1. The highest BCUT2D eigenvalue weighted by atomic mass is 16.3. The van der Waals surface area contributed by atoms with Crippen LogP contribution in [0.2, 0.25) is 0 Å². The van der Waals surface area contributed by atoms with Crippen LogP contribution in [-0.4, -0.2) is 16.7 Å². The number of Topliss-reactive ketones (excluding diaryl/α,β-unsaturated/α-hetero) is 2. The summed E-state index contributed by atoms with van der Waals surface area (Å²) in [6.07, 6.45) is 3.30. The van der Waals surface area contributed by atoms with Crippen LogP contribution in [0, 0.1) is 5.92 Å². The molecular weight excluding hydrogens is 300 g/mol. The van der Waals surface area contributed by atoms with Gasteiger partial charge in [-0.1, -0.05) is 66.7 Å². The van der Waals surface area contributed by atoms with Crippen LogP contribution in [-0.2, 0) is 0 Å². The molecule has 1 N–H and O–H groups in total. The SMILES string of the molecule is O=C1C2=C(C(=O)c3ccccc31)[C@@H]([C@H](O)c1ccccc1)C=CC2. The van der Waals surface area contributed by atoms with E-state index in [9.17, 15) is 14.7 Å². The quantitative estimate of drug-likeness (QED) is 0.860. The van der Waals surface area contributed by atoms with E-state index in [1.165, 1.54) is 0 Å². The van der Waals surface area contributed by atoms with Crippen LogP contribution in [0.1, 0.15) is 38.8 Å². The van der Waals surface area contributed by atoms with Gasteiger partial charge in [-0.2, -0.15) is 0 Å². The van der Waals surface area contributed by atoms with Gasteiger partial charge in [0.05, 0.1) is 6.10 Å². The summed E-state index contributed by atoms with van der Waals surface area (Å²) in [5.74, 6) is -0.750. The molecule has 2 aliphatic rings. The van der Waals surface area contributed by atoms with E-state index in [0.717, 1.165) is 5.56 Å². The number of carbonyl (C=O) groups excluding carboxylic acids is 2. The lowest BCUT2D eigenvalue weighted by atomic mass is 9.73. The van der Waals surface area contributed by atoms with Crippen molar-refractivity contribution in [3.05, 3.63) is 94.6 Å². The van der Waals surface area contributed by atoms with Crippen LogP contribution >= 0.6 is 0 Å². The molecule has 0 amide bonds. The second-order valence-electron chi connectivity index (χ2n) is 6.11. The van der Waals surface area contributed by atoms with Gasteiger partial charge in [0.15, 0.2) is 11.6 Å². The van der Waals surface area contributed by atoms with Gasteiger partial charge >= 0.3 is 0 Å². The molecule has 0 fully saturated rings. The summed E-state index contributed by atoms with van der Waals surface area (Å²) in [7, 11) is 0. The Hall–Kier alpha value is -2.78. The Balaban J connectivity index is 1.82. The molecule has 0 saturated heterocycles. The number of hydrogen-bond acceptors (Lipinski definition) is 3. The Labute approximate surface area is 139 Å². The van der Waals surface area contributed by atoms with Gasteiger partial charge in [-0.3, -0.25) is 9.59 Å². The molecule has 0 radical (unpaired) electrons. The van der Waals surface area contributed by atoms with E-state index in [-0.39, 0.29) is 11.6 Å². The summed E-state index contributed by atoms with van der Waals surface area (Å²) in [6.45, 7) is 0. The monoisotopic (exact) mass is 316 g/mol. The summed E-state index contributed by atoms with van der Waals surface area (Å²) in [6, 6.07) is 16.1. The molecular formula is C21H16O3. The molecule has 2 aromatic rings. The minimum atomic E-state index is -0.852. The molecule has 3 nitrogen and oxygen atoms in total. The summed E-state index contributed by atoms with van der Waals surface area (Å²) < 4.78 is 0. The Bertz CT molecular complexity index is 890. The first-order valence-corrected chi connectivity index (χ1v) is 7.99. The van der Waals surface area contributed by atoms with E-state index in [1.54, 1.807) is 24.3 Å². The molecule has 2 aliphatic carbocycles. The summed E-state index contributed by atoms with van der Waals surface area (Å²) >= 11 is 0. The molecule has 118 valence electrons. The molecule has 24 heavy (non-hydrogen) atoms. The third-order valence-electron chi connectivity index (χ3n) is 4.74. The summed E-state index contributed by atoms with van der Waals surface area (Å²) in [5, 5.41) is 10.8. The lowest BCUT2D eigenvalue weighted by Crippen LogP contribution is -2.30. The first-order chi connectivity index (χ1) is 11.7. The second kappa shape index (κ2) is 5.69. The van der Waals surface area contributed by atoms with Crippen molar-refractivity contribution in [3.63, 3.8) is 0 Å². The molecule has 0 unspecified atom stereocenters. The van der Waals surface area contributed by atoms with Crippen LogP contribution in [0.5, 0.6) is 0 Å². The van der Waals surface area contributed by atoms with Crippen molar-refractivity contribution < 1.29 is 14.7 Å². The molecule has 0 aromatic heterocycles. The first kappa shape index (κ1) is 14.8. The highest BCUT2D eigenvalue weighted by Gasteiger charge is 2.38. The molecule has 3 heteroatoms. The number of hydrogen-bond donors (Lipinski definition) is 1. The number of ketones is 2. The fraction of sp³-hybridized carbons (Fsp3) is 0.143. The fourth-order valence-electron chi connectivity index (χ4n) is 3.55. The molecule has 0 heterocycles. The topological polar surface area (TPSA) is 54.4 Å². The van der Waals surface area contributed by atoms with Gasteiger partial charge in [0, 0.05) is 28.2 Å². The van der Waals surface area contributed by atoms with Crippen LogP contribution in [0.15, 0.2) is 77.9 Å². The molecule has 2 atom stereocenters. The van der Waals surface area contributed by atoms with Crippen LogP contribution < -0.4 is 0 Å². The minimum absolute atomic E-state index is 0.102. The van der Waals surface area contributed by atoms with Crippen molar-refractivity contribution in [2.75, 3.05) is 0 Å². The Kier molecular flexibility index (Phi) is 3.51. The zero-order valence-corrected chi connectivity index (χ0v) is 13.0. The maximum Gasteiger partial charge on any atom is 0.190 e. The van der Waals surface area contributed by atoms with E-state index >= 15 is 0 Å². The van der Waals surface area contributed by atoms with E-state index in [0.29, 0.717) is 28.7 Å². The lowest BCUT2D eigenvalue weighted by Gasteiger charge is -2.30. The second-order valence-corrected chi connectivity index (χ2v) is 6.11. The van der Waals surface area contributed by atoms with Crippen LogP contribution in [0.4, 0.5) is 0 Å². The highest BCUT2D eigenvalue weighted by Crippen LogP contribution is 2.40. The van der Waals surface area contributed by atoms with E-state index in [2.05, 4.69) is 0 Å². The third-order valence-corrected chi connectivity index (χ3v) is 4.74. The van der Waals surface area contributed by atoms with Crippen molar-refractivity contribution in [2.45, 2.75) is 12.5 Å². The Morgan fingerprint density at radius 3 is 2.21 bits per heavy atom. The standard InChI is InChI=1S/C21H16O3/c22-19(13-7-2-1-3-8-13)16-11-6-12-17-18(16)21(24)15-10-5-4-9-14(15)20(17)23/h1-11,16,19,22H,12H2/t16-,19+/m0/s1. The normalized spacial score (nSPS) is 20.6. The maximum absolute atomic E-state index is 13.0. The number of aliphatic hydroxyl groups excluding tert-OH is 1. The van der Waals surface area contributed by atoms with Crippen molar-refractivity contribution >= 4 is 11.6 Å². The van der Waals surface area contributed by atoms with E-state index in [4.69, 9.17) is 0 Å². The van der Waals surface area contributed by atoms with Crippen molar-refractivity contribution in [3.8, 4) is 0 Å². The smallest absolute Gasteiger partial charge is 0.190 e. The minimum Gasteiger partial charge on any atom is -0.387 e. The predicted octanol–water partition coefficient (Wildman–Crippen LogP) is 3.67. The number of carbonyl (C=O) groups is 2. The number of aliphatic hydroxyl groups is 1. The molecule has 0 bridgehead atoms. The average Bonchev–Trinajstić information content (AvgIpc) is 2.65. The lowest BCUT2D eigenvalue weighted by molar-refractivity contribution is 0.0928. The number of allylic oxidation sites excluding steroid dienone is 2. The van der Waals surface area contributed by atoms with E-state index in [1.807, 2.05) is 42.5 Å². The largest absolute Gasteiger partial charge is 0.387 e. The van der Waals surface area contributed by atoms with Crippen LogP contribution in [0.25, 0.3) is 0 Å². The van der Waals surface area contributed by atoms with Gasteiger partial charge < -0.3 is 5.11 Å². The maximum atomic E-state index is 13.0. The van der Waals surface area contributed by atoms with Crippen molar-refractivity contribution in [1.29, 1.82) is 0 Å². The third kappa shape index (κ3) is 2.17. The molecule has 2 aromatic carbocycles. The summed E-state index contributed by atoms with van der Waals surface area (Å²) in [4.78, 5) is 25.8. The van der Waals surface area contributed by atoms with Gasteiger partial charge in [0.2, 0.25) is 0 Å². The van der Waals surface area contributed by atoms with Gasteiger partial charge in [0.1, 0.15) is 0 Å². The number of rotatable bonds is 2. The predicted molar refractivity (Wildman–Crippen MR) is 90.8 cm³/mol. The fourth-order valence-corrected chi connectivity index (χ4v) is 3.55. The van der Waals surface area contributed by atoms with Gasteiger partial charge in [0.25, 0.3) is 0 Å². The summed E-state index contributed by atoms with van der Waals surface area (Å²) in [5.41, 5.74) is 2.59. The van der Waals surface area contributed by atoms with Gasteiger partial charge in [-0.05, 0) is 12.0 Å². The zero-order chi connectivity index (χ0) is 16.7. The highest BCUT2D eigenvalue weighted by molar-refractivity contribution is 6.27. The van der Waals surface area contributed by atoms with Crippen molar-refractivity contribution in [1.82, 2.24) is 0 Å². The molecule has 0 spiro atoms. The van der Waals surface area contributed by atoms with Gasteiger partial charge in [-0.15, -0.1) is 0 Å². The molecule has 4 rings (SSSR count). The average molecular weight is 316 g/mol. The molecule has 0 saturated carbocycles. The van der Waals surface area contributed by atoms with Crippen LogP contribution in [0.3, 0.4) is 0 Å². The van der Waals surface area contributed by atoms with E-state index < -0.39 is 12.0 Å². The zero-order valence-electron chi connectivity index (χ0n) is 13.0. The molecule has 0 aliphatic heterocycles. The van der Waals surface area contributed by atoms with Gasteiger partial charge in [-0.25, -0.2) is 0 Å². The number of benzene rings is 2. The first-order valence-electron chi connectivity index (χ1n) is 7.99. The van der Waals surface area contributed by atoms with Crippen molar-refractivity contribution in [2.24, 2.45) is 5.92 Å².